The zero-order valence-electron chi connectivity index (χ0n) is 15.0. The van der Waals surface area contributed by atoms with Gasteiger partial charge in [-0.2, -0.15) is 0 Å². The molecule has 1 atom stereocenters. The molecule has 4 nitrogen and oxygen atoms in total. The normalized spacial score (nSPS) is 30.1. The van der Waals surface area contributed by atoms with Crippen LogP contribution in [-0.4, -0.2) is 65.8 Å². The zero-order valence-corrected chi connectivity index (χ0v) is 15.8. The topological polar surface area (TPSA) is 24.9 Å². The summed E-state index contributed by atoms with van der Waals surface area (Å²) in [4.78, 5) is 5.81. The third kappa shape index (κ3) is 3.83. The van der Waals surface area contributed by atoms with Gasteiger partial charge in [0.25, 0.3) is 0 Å². The molecule has 3 fully saturated rings. The number of benzene rings is 1. The standard InChI is InChI=1S/C20H28N2O2S/c1-15-3-2-8-22(15)17-13-19(14-17)24-18-6-4-16(5-7-18)20(25)21-9-11-23-12-10-21/h4-7,15,17,19H,2-3,8-14H2,1H3. The van der Waals surface area contributed by atoms with Gasteiger partial charge in [-0.3, -0.25) is 4.90 Å². The van der Waals surface area contributed by atoms with Gasteiger partial charge >= 0.3 is 0 Å². The van der Waals surface area contributed by atoms with Crippen LogP contribution in [0.2, 0.25) is 0 Å². The monoisotopic (exact) mass is 360 g/mol. The van der Waals surface area contributed by atoms with E-state index >= 15 is 0 Å². The highest BCUT2D eigenvalue weighted by atomic mass is 32.1. The van der Waals surface area contributed by atoms with Crippen LogP contribution in [0.15, 0.2) is 24.3 Å². The van der Waals surface area contributed by atoms with Crippen molar-refractivity contribution in [3.63, 3.8) is 0 Å². The molecule has 1 aliphatic carbocycles. The second-order valence-electron chi connectivity index (χ2n) is 7.52. The second-order valence-corrected chi connectivity index (χ2v) is 7.91. The van der Waals surface area contributed by atoms with E-state index in [9.17, 15) is 0 Å². The van der Waals surface area contributed by atoms with Gasteiger partial charge in [-0.15, -0.1) is 0 Å². The Hall–Kier alpha value is -1.17. The number of nitrogens with zero attached hydrogens (tertiary/aromatic N) is 2. The molecule has 0 N–H and O–H groups in total. The van der Waals surface area contributed by atoms with E-state index in [0.717, 1.165) is 67.5 Å². The molecule has 136 valence electrons. The van der Waals surface area contributed by atoms with Crippen LogP contribution in [0.1, 0.15) is 38.2 Å². The highest BCUT2D eigenvalue weighted by Gasteiger charge is 2.38. The maximum atomic E-state index is 6.15. The van der Waals surface area contributed by atoms with Crippen LogP contribution in [-0.2, 0) is 4.74 Å². The zero-order chi connectivity index (χ0) is 17.2. The largest absolute Gasteiger partial charge is 0.490 e. The Balaban J connectivity index is 1.27. The van der Waals surface area contributed by atoms with E-state index in [1.807, 2.05) is 0 Å². The molecule has 25 heavy (non-hydrogen) atoms. The number of thiocarbonyl (C=S) groups is 1. The number of rotatable bonds is 4. The summed E-state index contributed by atoms with van der Waals surface area (Å²) in [7, 11) is 0. The summed E-state index contributed by atoms with van der Waals surface area (Å²) in [5.74, 6) is 0.964. The summed E-state index contributed by atoms with van der Waals surface area (Å²) in [5.41, 5.74) is 1.10. The van der Waals surface area contributed by atoms with Crippen molar-refractivity contribution in [3.05, 3.63) is 29.8 Å². The summed E-state index contributed by atoms with van der Waals surface area (Å²) < 4.78 is 11.5. The molecule has 2 saturated heterocycles. The van der Waals surface area contributed by atoms with Crippen molar-refractivity contribution < 1.29 is 9.47 Å². The molecule has 3 aliphatic rings. The average molecular weight is 361 g/mol. The summed E-state index contributed by atoms with van der Waals surface area (Å²) in [6.45, 7) is 6.92. The molecule has 1 unspecified atom stereocenters. The lowest BCUT2D eigenvalue weighted by Gasteiger charge is -2.42. The maximum Gasteiger partial charge on any atom is 0.119 e. The molecule has 2 heterocycles. The highest BCUT2D eigenvalue weighted by molar-refractivity contribution is 7.80. The van der Waals surface area contributed by atoms with Crippen molar-refractivity contribution in [2.45, 2.75) is 50.8 Å². The minimum atomic E-state index is 0.370. The number of likely N-dealkylation sites (tertiary alicyclic amines) is 1. The fraction of sp³-hybridized carbons (Fsp3) is 0.650. The van der Waals surface area contributed by atoms with Crippen LogP contribution in [0.3, 0.4) is 0 Å². The molecule has 0 aromatic heterocycles. The molecule has 0 spiro atoms. The molecule has 0 bridgehead atoms. The average Bonchev–Trinajstić information content (AvgIpc) is 3.04. The first-order valence-electron chi connectivity index (χ1n) is 9.60. The van der Waals surface area contributed by atoms with Crippen LogP contribution in [0.4, 0.5) is 0 Å². The van der Waals surface area contributed by atoms with E-state index in [0.29, 0.717) is 6.10 Å². The summed E-state index contributed by atoms with van der Waals surface area (Å²) in [6.07, 6.45) is 5.41. The van der Waals surface area contributed by atoms with E-state index in [-0.39, 0.29) is 0 Å². The summed E-state index contributed by atoms with van der Waals surface area (Å²) >= 11 is 5.62. The quantitative estimate of drug-likeness (QED) is 0.769. The molecular weight excluding hydrogens is 332 g/mol. The predicted octanol–water partition coefficient (Wildman–Crippen LogP) is 3.09. The van der Waals surface area contributed by atoms with Crippen molar-refractivity contribution in [3.8, 4) is 5.75 Å². The summed E-state index contributed by atoms with van der Waals surface area (Å²) in [6, 6.07) is 9.79. The third-order valence-corrected chi connectivity index (χ3v) is 6.34. The molecule has 1 aromatic carbocycles. The highest BCUT2D eigenvalue weighted by Crippen LogP contribution is 2.34. The molecule has 0 radical (unpaired) electrons. The van der Waals surface area contributed by atoms with Crippen molar-refractivity contribution in [2.75, 3.05) is 32.8 Å². The van der Waals surface area contributed by atoms with E-state index in [1.165, 1.54) is 19.4 Å². The minimum Gasteiger partial charge on any atom is -0.490 e. The second kappa shape index (κ2) is 7.60. The number of ether oxygens (including phenoxy) is 2. The van der Waals surface area contributed by atoms with E-state index in [2.05, 4.69) is 41.0 Å². The lowest BCUT2D eigenvalue weighted by molar-refractivity contribution is 0.0141. The van der Waals surface area contributed by atoms with Gasteiger partial charge in [0.2, 0.25) is 0 Å². The van der Waals surface area contributed by atoms with Gasteiger partial charge in [0.1, 0.15) is 16.8 Å². The Bertz CT molecular complexity index is 594. The molecule has 0 amide bonds. The van der Waals surface area contributed by atoms with Crippen molar-refractivity contribution in [1.82, 2.24) is 9.80 Å². The van der Waals surface area contributed by atoms with Crippen molar-refractivity contribution in [2.24, 2.45) is 0 Å². The SMILES string of the molecule is CC1CCCN1C1CC(Oc2ccc(C(=S)N3CCOCC3)cc2)C1. The number of hydrogen-bond acceptors (Lipinski definition) is 4. The molecule has 1 saturated carbocycles. The molecular formula is C20H28N2O2S. The lowest BCUT2D eigenvalue weighted by Crippen LogP contribution is -2.50. The van der Waals surface area contributed by atoms with Gasteiger partial charge in [-0.25, -0.2) is 0 Å². The van der Waals surface area contributed by atoms with Gasteiger partial charge in [0, 0.05) is 43.6 Å². The van der Waals surface area contributed by atoms with Gasteiger partial charge < -0.3 is 14.4 Å². The van der Waals surface area contributed by atoms with Crippen molar-refractivity contribution >= 4 is 17.2 Å². The number of morpholine rings is 1. The Morgan fingerprint density at radius 3 is 2.48 bits per heavy atom. The van der Waals surface area contributed by atoms with Crippen LogP contribution in [0.5, 0.6) is 5.75 Å². The van der Waals surface area contributed by atoms with Gasteiger partial charge in [-0.1, -0.05) is 12.2 Å². The third-order valence-electron chi connectivity index (χ3n) is 5.85. The lowest BCUT2D eigenvalue weighted by atomic mass is 9.87. The molecule has 1 aromatic rings. The summed E-state index contributed by atoms with van der Waals surface area (Å²) in [5, 5.41) is 0. The first-order chi connectivity index (χ1) is 12.2. The van der Waals surface area contributed by atoms with Gasteiger partial charge in [0.05, 0.1) is 13.2 Å². The Kier molecular flexibility index (Phi) is 5.25. The maximum absolute atomic E-state index is 6.15. The Morgan fingerprint density at radius 2 is 1.84 bits per heavy atom. The smallest absolute Gasteiger partial charge is 0.119 e. The Morgan fingerprint density at radius 1 is 1.12 bits per heavy atom. The van der Waals surface area contributed by atoms with Crippen LogP contribution >= 0.6 is 12.2 Å². The number of hydrogen-bond donors (Lipinski definition) is 0. The molecule has 5 heteroatoms. The van der Waals surface area contributed by atoms with Crippen LogP contribution < -0.4 is 4.74 Å². The first-order valence-corrected chi connectivity index (χ1v) is 10.0. The van der Waals surface area contributed by atoms with E-state index in [1.54, 1.807) is 0 Å². The Labute approximate surface area is 156 Å². The van der Waals surface area contributed by atoms with E-state index < -0.39 is 0 Å². The predicted molar refractivity (Wildman–Crippen MR) is 103 cm³/mol. The first kappa shape index (κ1) is 17.3. The molecule has 4 rings (SSSR count). The minimum absolute atomic E-state index is 0.370. The van der Waals surface area contributed by atoms with Crippen molar-refractivity contribution in [1.29, 1.82) is 0 Å². The fourth-order valence-electron chi connectivity index (χ4n) is 4.22. The van der Waals surface area contributed by atoms with Gasteiger partial charge in [-0.05, 0) is 50.6 Å². The fourth-order valence-corrected chi connectivity index (χ4v) is 4.54. The van der Waals surface area contributed by atoms with E-state index in [4.69, 9.17) is 21.7 Å². The van der Waals surface area contributed by atoms with Gasteiger partial charge in [0.15, 0.2) is 0 Å². The van der Waals surface area contributed by atoms with Crippen LogP contribution in [0, 0.1) is 0 Å². The molecule has 2 aliphatic heterocycles. The van der Waals surface area contributed by atoms with Crippen LogP contribution in [0.25, 0.3) is 0 Å².